The number of aliphatic hydroxyl groups excluding tert-OH is 2. The Kier molecular flexibility index (Phi) is 7.30. The zero-order chi connectivity index (χ0) is 15.8. The van der Waals surface area contributed by atoms with Crippen LogP contribution in [0.25, 0.3) is 0 Å². The van der Waals surface area contributed by atoms with Gasteiger partial charge >= 0.3 is 11.9 Å². The number of hydrogen-bond donors (Lipinski definition) is 2. The van der Waals surface area contributed by atoms with Gasteiger partial charge in [0.1, 0.15) is 13.2 Å². The van der Waals surface area contributed by atoms with Gasteiger partial charge in [-0.3, -0.25) is 0 Å². The van der Waals surface area contributed by atoms with E-state index < -0.39 is 23.0 Å². The van der Waals surface area contributed by atoms with Gasteiger partial charge in [0.05, 0.1) is 13.2 Å². The van der Waals surface area contributed by atoms with Crippen LogP contribution in [0, 0.1) is 0 Å². The van der Waals surface area contributed by atoms with Gasteiger partial charge in [-0.15, -0.1) is 0 Å². The van der Waals surface area contributed by atoms with Crippen molar-refractivity contribution in [2.75, 3.05) is 26.4 Å². The van der Waals surface area contributed by atoms with Crippen LogP contribution < -0.4 is 0 Å². The molecule has 0 fully saturated rings. The fourth-order valence-corrected chi connectivity index (χ4v) is 0.962. The van der Waals surface area contributed by atoms with Crippen molar-refractivity contribution in [1.29, 1.82) is 0 Å². The number of carbonyl (C=O) groups excluding carboxylic acids is 2. The molecule has 0 aromatic rings. The standard InChI is InChI=1S/C12H22N2O6/c1-11(2,9(17)19-7-5-15)13-14-12(3,4)10(18)20-8-6-16/h15-16H,5-8H2,1-4H3. The number of carbonyl (C=O) groups is 2. The van der Waals surface area contributed by atoms with E-state index in [1.807, 2.05) is 0 Å². The Bertz CT molecular complexity index is 331. The molecule has 0 spiro atoms. The van der Waals surface area contributed by atoms with Gasteiger partial charge in [-0.05, 0) is 27.7 Å². The lowest BCUT2D eigenvalue weighted by Gasteiger charge is -2.20. The maximum atomic E-state index is 11.6. The summed E-state index contributed by atoms with van der Waals surface area (Å²) in [5.41, 5.74) is -2.55. The molecule has 0 saturated heterocycles. The van der Waals surface area contributed by atoms with Crippen molar-refractivity contribution in [3.63, 3.8) is 0 Å². The van der Waals surface area contributed by atoms with Crippen LogP contribution in [0.15, 0.2) is 10.2 Å². The third kappa shape index (κ3) is 6.07. The van der Waals surface area contributed by atoms with Gasteiger partial charge in [-0.1, -0.05) is 0 Å². The van der Waals surface area contributed by atoms with Gasteiger partial charge < -0.3 is 19.7 Å². The van der Waals surface area contributed by atoms with Crippen molar-refractivity contribution in [1.82, 2.24) is 0 Å². The predicted molar refractivity (Wildman–Crippen MR) is 69.1 cm³/mol. The molecule has 0 aliphatic heterocycles. The molecule has 0 saturated carbocycles. The molecule has 0 rings (SSSR count). The highest BCUT2D eigenvalue weighted by atomic mass is 16.5. The van der Waals surface area contributed by atoms with Crippen LogP contribution in [0.1, 0.15) is 27.7 Å². The summed E-state index contributed by atoms with van der Waals surface area (Å²) >= 11 is 0. The monoisotopic (exact) mass is 290 g/mol. The average Bonchev–Trinajstić information content (AvgIpc) is 2.39. The lowest BCUT2D eigenvalue weighted by molar-refractivity contribution is -0.152. The summed E-state index contributed by atoms with van der Waals surface area (Å²) in [6, 6.07) is 0. The second-order valence-electron chi connectivity index (χ2n) is 5.04. The number of esters is 2. The van der Waals surface area contributed by atoms with Gasteiger partial charge in [0, 0.05) is 0 Å². The maximum Gasteiger partial charge on any atom is 0.335 e. The fourth-order valence-electron chi connectivity index (χ4n) is 0.962. The summed E-state index contributed by atoms with van der Waals surface area (Å²) in [4.78, 5) is 23.3. The molecule has 20 heavy (non-hydrogen) atoms. The van der Waals surface area contributed by atoms with E-state index in [1.54, 1.807) is 0 Å². The fraction of sp³-hybridized carbons (Fsp3) is 0.833. The minimum Gasteiger partial charge on any atom is -0.461 e. The van der Waals surface area contributed by atoms with Crippen molar-refractivity contribution < 1.29 is 29.3 Å². The highest BCUT2D eigenvalue weighted by Crippen LogP contribution is 2.18. The molecular formula is C12H22N2O6. The van der Waals surface area contributed by atoms with Crippen molar-refractivity contribution in [3.8, 4) is 0 Å². The molecule has 8 nitrogen and oxygen atoms in total. The van der Waals surface area contributed by atoms with Crippen LogP contribution in [0.3, 0.4) is 0 Å². The Hall–Kier alpha value is -1.54. The molecule has 0 aromatic carbocycles. The first kappa shape index (κ1) is 18.5. The molecule has 0 amide bonds. The molecule has 0 atom stereocenters. The van der Waals surface area contributed by atoms with Crippen LogP contribution in [0.4, 0.5) is 0 Å². The molecule has 0 unspecified atom stereocenters. The normalized spacial score (nSPS) is 12.5. The summed E-state index contributed by atoms with van der Waals surface area (Å²) in [6.07, 6.45) is 0. The molecule has 8 heteroatoms. The molecule has 0 aliphatic rings. The summed E-state index contributed by atoms with van der Waals surface area (Å²) in [6.45, 7) is 5.10. The van der Waals surface area contributed by atoms with Gasteiger partial charge in [-0.25, -0.2) is 9.59 Å². The highest BCUT2D eigenvalue weighted by Gasteiger charge is 2.34. The van der Waals surface area contributed by atoms with Crippen molar-refractivity contribution in [3.05, 3.63) is 0 Å². The Labute approximate surface area is 117 Å². The Morgan fingerprint density at radius 2 is 1.15 bits per heavy atom. The SMILES string of the molecule is CC(C)(N=NC(C)(C)C(=O)OCCO)C(=O)OCCO. The van der Waals surface area contributed by atoms with E-state index in [1.165, 1.54) is 27.7 Å². The van der Waals surface area contributed by atoms with E-state index in [0.717, 1.165) is 0 Å². The molecule has 0 aromatic heterocycles. The lowest BCUT2D eigenvalue weighted by atomic mass is 10.1. The summed E-state index contributed by atoms with van der Waals surface area (Å²) in [7, 11) is 0. The number of aliphatic hydroxyl groups is 2. The molecule has 116 valence electrons. The van der Waals surface area contributed by atoms with Gasteiger partial charge in [0.2, 0.25) is 0 Å². The Balaban J connectivity index is 4.72. The average molecular weight is 290 g/mol. The van der Waals surface area contributed by atoms with Gasteiger partial charge in [-0.2, -0.15) is 10.2 Å². The number of ether oxygens (including phenoxy) is 2. The molecular weight excluding hydrogens is 268 g/mol. The van der Waals surface area contributed by atoms with Crippen molar-refractivity contribution >= 4 is 11.9 Å². The van der Waals surface area contributed by atoms with Crippen molar-refractivity contribution in [2.24, 2.45) is 10.2 Å². The number of hydrogen-bond acceptors (Lipinski definition) is 8. The first-order valence-corrected chi connectivity index (χ1v) is 6.17. The summed E-state index contributed by atoms with van der Waals surface area (Å²) < 4.78 is 9.51. The first-order chi connectivity index (χ1) is 9.17. The number of azo groups is 1. The number of rotatable bonds is 8. The van der Waals surface area contributed by atoms with E-state index in [4.69, 9.17) is 19.7 Å². The minimum atomic E-state index is -1.27. The summed E-state index contributed by atoms with van der Waals surface area (Å²) in [5, 5.41) is 24.8. The molecule has 0 radical (unpaired) electrons. The first-order valence-electron chi connectivity index (χ1n) is 6.17. The zero-order valence-electron chi connectivity index (χ0n) is 12.3. The van der Waals surface area contributed by atoms with Crippen LogP contribution in [-0.4, -0.2) is 59.7 Å². The number of nitrogens with zero attached hydrogens (tertiary/aromatic N) is 2. The van der Waals surface area contributed by atoms with E-state index in [9.17, 15) is 9.59 Å². The molecule has 0 aliphatic carbocycles. The smallest absolute Gasteiger partial charge is 0.335 e. The maximum absolute atomic E-state index is 11.6. The van der Waals surface area contributed by atoms with Crippen LogP contribution >= 0.6 is 0 Å². The minimum absolute atomic E-state index is 0.125. The lowest BCUT2D eigenvalue weighted by Crippen LogP contribution is -2.35. The third-order valence-corrected chi connectivity index (χ3v) is 2.20. The molecule has 0 bridgehead atoms. The largest absolute Gasteiger partial charge is 0.461 e. The van der Waals surface area contributed by atoms with Crippen LogP contribution in [0.5, 0.6) is 0 Å². The van der Waals surface area contributed by atoms with E-state index in [2.05, 4.69) is 10.2 Å². The van der Waals surface area contributed by atoms with Crippen LogP contribution in [-0.2, 0) is 19.1 Å². The van der Waals surface area contributed by atoms with Gasteiger partial charge in [0.25, 0.3) is 0 Å². The van der Waals surface area contributed by atoms with E-state index in [0.29, 0.717) is 0 Å². The zero-order valence-corrected chi connectivity index (χ0v) is 12.3. The van der Waals surface area contributed by atoms with Crippen LogP contribution in [0.2, 0.25) is 0 Å². The second kappa shape index (κ2) is 7.91. The van der Waals surface area contributed by atoms with E-state index in [-0.39, 0.29) is 26.4 Å². The highest BCUT2D eigenvalue weighted by molar-refractivity contribution is 5.81. The summed E-state index contributed by atoms with van der Waals surface area (Å²) in [5.74, 6) is -1.32. The molecule has 0 heterocycles. The van der Waals surface area contributed by atoms with E-state index >= 15 is 0 Å². The Morgan fingerprint density at radius 3 is 1.40 bits per heavy atom. The second-order valence-corrected chi connectivity index (χ2v) is 5.04. The predicted octanol–water partition coefficient (Wildman–Crippen LogP) is 0.0668. The topological polar surface area (TPSA) is 118 Å². The van der Waals surface area contributed by atoms with Gasteiger partial charge in [0.15, 0.2) is 11.1 Å². The quantitative estimate of drug-likeness (QED) is 0.482. The third-order valence-electron chi connectivity index (χ3n) is 2.20. The van der Waals surface area contributed by atoms with Crippen molar-refractivity contribution in [2.45, 2.75) is 38.8 Å². The molecule has 2 N–H and O–H groups in total. The Morgan fingerprint density at radius 1 is 0.850 bits per heavy atom.